The van der Waals surface area contributed by atoms with E-state index in [1.54, 1.807) is 0 Å². The topological polar surface area (TPSA) is 15.3 Å². The second-order valence-corrected chi connectivity index (χ2v) is 6.33. The van der Waals surface area contributed by atoms with Crippen LogP contribution in [0.25, 0.3) is 0 Å². The molecule has 0 aromatic rings. The molecule has 1 rings (SSSR count). The Labute approximate surface area is 108 Å². The van der Waals surface area contributed by atoms with E-state index in [4.69, 9.17) is 0 Å². The van der Waals surface area contributed by atoms with Gasteiger partial charge in [0.25, 0.3) is 0 Å². The van der Waals surface area contributed by atoms with E-state index in [0.29, 0.717) is 12.0 Å². The van der Waals surface area contributed by atoms with Crippen LogP contribution >= 0.6 is 0 Å². The molecule has 1 aliphatic rings. The maximum absolute atomic E-state index is 3.70. The number of nitrogens with zero attached hydrogens (tertiary/aromatic N) is 1. The van der Waals surface area contributed by atoms with E-state index >= 15 is 0 Å². The normalized spacial score (nSPS) is 21.5. The molecular formula is C15H32N2. The summed E-state index contributed by atoms with van der Waals surface area (Å²) in [7, 11) is 0. The minimum atomic E-state index is 0.272. The fraction of sp³-hybridized carbons (Fsp3) is 1.00. The Morgan fingerprint density at radius 2 is 1.59 bits per heavy atom. The van der Waals surface area contributed by atoms with Gasteiger partial charge >= 0.3 is 0 Å². The van der Waals surface area contributed by atoms with E-state index in [9.17, 15) is 0 Å². The first-order valence-corrected chi connectivity index (χ1v) is 7.48. The largest absolute Gasteiger partial charge is 0.312 e. The SMILES string of the molecule is CCNC(C(C)C)C(C)(C)N1CCCCCC1. The van der Waals surface area contributed by atoms with Gasteiger partial charge in [0.15, 0.2) is 0 Å². The minimum Gasteiger partial charge on any atom is -0.312 e. The molecule has 0 bridgehead atoms. The highest BCUT2D eigenvalue weighted by Gasteiger charge is 2.36. The molecule has 1 fully saturated rings. The number of likely N-dealkylation sites (N-methyl/N-ethyl adjacent to an activating group) is 1. The summed E-state index contributed by atoms with van der Waals surface area (Å²) in [5.74, 6) is 0.688. The van der Waals surface area contributed by atoms with Gasteiger partial charge in [-0.1, -0.05) is 33.6 Å². The number of rotatable bonds is 5. The second kappa shape index (κ2) is 6.75. The van der Waals surface area contributed by atoms with E-state index in [-0.39, 0.29) is 5.54 Å². The molecule has 102 valence electrons. The van der Waals surface area contributed by atoms with Crippen LogP contribution in [0, 0.1) is 5.92 Å². The number of hydrogen-bond donors (Lipinski definition) is 1. The molecule has 0 spiro atoms. The van der Waals surface area contributed by atoms with Crippen LogP contribution in [0.5, 0.6) is 0 Å². The van der Waals surface area contributed by atoms with Crippen molar-refractivity contribution in [2.24, 2.45) is 5.92 Å². The van der Waals surface area contributed by atoms with Crippen LogP contribution in [0.1, 0.15) is 60.3 Å². The first-order chi connectivity index (χ1) is 8.00. The lowest BCUT2D eigenvalue weighted by molar-refractivity contribution is 0.0659. The first-order valence-electron chi connectivity index (χ1n) is 7.48. The van der Waals surface area contributed by atoms with Gasteiger partial charge in [-0.2, -0.15) is 0 Å². The number of nitrogens with one attached hydrogen (secondary N) is 1. The van der Waals surface area contributed by atoms with Crippen LogP contribution in [0.2, 0.25) is 0 Å². The molecule has 2 nitrogen and oxygen atoms in total. The molecule has 0 aromatic heterocycles. The molecule has 1 saturated heterocycles. The maximum atomic E-state index is 3.70. The Morgan fingerprint density at radius 3 is 2.00 bits per heavy atom. The smallest absolute Gasteiger partial charge is 0.0308 e. The van der Waals surface area contributed by atoms with E-state index < -0.39 is 0 Å². The summed E-state index contributed by atoms with van der Waals surface area (Å²) >= 11 is 0. The van der Waals surface area contributed by atoms with Crippen molar-refractivity contribution in [3.8, 4) is 0 Å². The maximum Gasteiger partial charge on any atom is 0.0308 e. The van der Waals surface area contributed by atoms with Gasteiger partial charge in [0.05, 0.1) is 0 Å². The van der Waals surface area contributed by atoms with Crippen molar-refractivity contribution < 1.29 is 0 Å². The Kier molecular flexibility index (Phi) is 5.94. The van der Waals surface area contributed by atoms with Crippen LogP contribution in [0.3, 0.4) is 0 Å². The quantitative estimate of drug-likeness (QED) is 0.793. The summed E-state index contributed by atoms with van der Waals surface area (Å²) in [5.41, 5.74) is 0.272. The monoisotopic (exact) mass is 240 g/mol. The van der Waals surface area contributed by atoms with Gasteiger partial charge in [-0.15, -0.1) is 0 Å². The Balaban J connectivity index is 2.73. The first kappa shape index (κ1) is 15.0. The number of likely N-dealkylation sites (tertiary alicyclic amines) is 1. The van der Waals surface area contributed by atoms with Gasteiger partial charge in [0, 0.05) is 11.6 Å². The average Bonchev–Trinajstić information content (AvgIpc) is 2.53. The lowest BCUT2D eigenvalue weighted by atomic mass is 9.84. The average molecular weight is 240 g/mol. The zero-order valence-corrected chi connectivity index (χ0v) is 12.6. The molecule has 1 N–H and O–H groups in total. The van der Waals surface area contributed by atoms with Crippen LogP contribution in [-0.2, 0) is 0 Å². The third-order valence-electron chi connectivity index (χ3n) is 4.27. The van der Waals surface area contributed by atoms with Crippen molar-refractivity contribution in [2.45, 2.75) is 71.9 Å². The molecule has 1 aliphatic heterocycles. The minimum absolute atomic E-state index is 0.272. The second-order valence-electron chi connectivity index (χ2n) is 6.33. The molecule has 0 aromatic carbocycles. The molecule has 0 radical (unpaired) electrons. The van der Waals surface area contributed by atoms with E-state index in [1.807, 2.05) is 0 Å². The van der Waals surface area contributed by atoms with Crippen LogP contribution in [0.15, 0.2) is 0 Å². The van der Waals surface area contributed by atoms with Gasteiger partial charge in [0.2, 0.25) is 0 Å². The summed E-state index contributed by atoms with van der Waals surface area (Å²) in [4.78, 5) is 2.72. The summed E-state index contributed by atoms with van der Waals surface area (Å²) in [5, 5.41) is 3.70. The fourth-order valence-corrected chi connectivity index (χ4v) is 3.36. The Morgan fingerprint density at radius 1 is 1.06 bits per heavy atom. The summed E-state index contributed by atoms with van der Waals surface area (Å²) < 4.78 is 0. The molecule has 1 atom stereocenters. The molecule has 0 saturated carbocycles. The van der Waals surface area contributed by atoms with Gasteiger partial charge in [-0.05, 0) is 52.2 Å². The highest BCUT2D eigenvalue weighted by atomic mass is 15.2. The lowest BCUT2D eigenvalue weighted by Gasteiger charge is -2.46. The lowest BCUT2D eigenvalue weighted by Crippen LogP contribution is -2.60. The van der Waals surface area contributed by atoms with Gasteiger partial charge in [-0.25, -0.2) is 0 Å². The van der Waals surface area contributed by atoms with E-state index in [1.165, 1.54) is 38.8 Å². The van der Waals surface area contributed by atoms with Crippen molar-refractivity contribution in [1.82, 2.24) is 10.2 Å². The van der Waals surface area contributed by atoms with Gasteiger partial charge in [-0.3, -0.25) is 4.90 Å². The van der Waals surface area contributed by atoms with Crippen molar-refractivity contribution in [3.05, 3.63) is 0 Å². The zero-order chi connectivity index (χ0) is 12.9. The third-order valence-corrected chi connectivity index (χ3v) is 4.27. The molecular weight excluding hydrogens is 208 g/mol. The Bertz CT molecular complexity index is 203. The predicted octanol–water partition coefficient (Wildman–Crippen LogP) is 3.28. The van der Waals surface area contributed by atoms with Crippen LogP contribution < -0.4 is 5.32 Å². The van der Waals surface area contributed by atoms with E-state index in [2.05, 4.69) is 44.8 Å². The molecule has 17 heavy (non-hydrogen) atoms. The Hall–Kier alpha value is -0.0800. The summed E-state index contributed by atoms with van der Waals surface area (Å²) in [6.07, 6.45) is 5.58. The highest BCUT2D eigenvalue weighted by Crippen LogP contribution is 2.27. The fourth-order valence-electron chi connectivity index (χ4n) is 3.36. The van der Waals surface area contributed by atoms with Crippen LogP contribution in [0.4, 0.5) is 0 Å². The van der Waals surface area contributed by atoms with Crippen molar-refractivity contribution >= 4 is 0 Å². The van der Waals surface area contributed by atoms with Crippen molar-refractivity contribution in [1.29, 1.82) is 0 Å². The molecule has 0 aliphatic carbocycles. The molecule has 1 unspecified atom stereocenters. The standard InChI is InChI=1S/C15H32N2/c1-6-16-14(13(2)3)15(4,5)17-11-9-7-8-10-12-17/h13-14,16H,6-12H2,1-5H3. The van der Waals surface area contributed by atoms with Gasteiger partial charge < -0.3 is 5.32 Å². The van der Waals surface area contributed by atoms with Gasteiger partial charge in [0.1, 0.15) is 0 Å². The predicted molar refractivity (Wildman–Crippen MR) is 76.4 cm³/mol. The number of hydrogen-bond acceptors (Lipinski definition) is 2. The summed E-state index contributed by atoms with van der Waals surface area (Å²) in [6, 6.07) is 0.589. The summed E-state index contributed by atoms with van der Waals surface area (Å²) in [6.45, 7) is 15.4. The zero-order valence-electron chi connectivity index (χ0n) is 12.6. The molecule has 1 heterocycles. The third kappa shape index (κ3) is 3.96. The van der Waals surface area contributed by atoms with E-state index in [0.717, 1.165) is 6.54 Å². The molecule has 2 heteroatoms. The van der Waals surface area contributed by atoms with Crippen molar-refractivity contribution in [2.75, 3.05) is 19.6 Å². The van der Waals surface area contributed by atoms with Crippen LogP contribution in [-0.4, -0.2) is 36.1 Å². The van der Waals surface area contributed by atoms with Crippen molar-refractivity contribution in [3.63, 3.8) is 0 Å². The highest BCUT2D eigenvalue weighted by molar-refractivity contribution is 4.95. The molecule has 0 amide bonds.